The lowest BCUT2D eigenvalue weighted by atomic mass is 9.94. The van der Waals surface area contributed by atoms with E-state index in [-0.39, 0.29) is 23.8 Å². The molecule has 2 aliphatic rings. The molecule has 1 N–H and O–H groups in total. The van der Waals surface area contributed by atoms with E-state index in [1.165, 1.54) is 0 Å². The van der Waals surface area contributed by atoms with Crippen LogP contribution in [-0.4, -0.2) is 67.0 Å². The van der Waals surface area contributed by atoms with Gasteiger partial charge in [0.2, 0.25) is 11.8 Å². The summed E-state index contributed by atoms with van der Waals surface area (Å²) in [7, 11) is 0. The highest BCUT2D eigenvalue weighted by Gasteiger charge is 2.32. The number of anilines is 1. The predicted octanol–water partition coefficient (Wildman–Crippen LogP) is 1.46. The number of piperidine rings is 1. The Hall–Kier alpha value is -2.43. The van der Waals surface area contributed by atoms with Crippen molar-refractivity contribution in [3.63, 3.8) is 0 Å². The molecule has 7 heteroatoms. The quantitative estimate of drug-likeness (QED) is 0.867. The van der Waals surface area contributed by atoms with E-state index in [0.717, 1.165) is 25.9 Å². The van der Waals surface area contributed by atoms with E-state index in [1.54, 1.807) is 24.3 Å². The van der Waals surface area contributed by atoms with Crippen LogP contribution in [0.25, 0.3) is 0 Å². The third-order valence-corrected chi connectivity index (χ3v) is 5.43. The Morgan fingerprint density at radius 1 is 1.19 bits per heavy atom. The van der Waals surface area contributed by atoms with Crippen molar-refractivity contribution in [3.8, 4) is 6.07 Å². The van der Waals surface area contributed by atoms with Gasteiger partial charge in [-0.1, -0.05) is 12.1 Å². The molecule has 27 heavy (non-hydrogen) atoms. The molecule has 0 aromatic heterocycles. The fourth-order valence-corrected chi connectivity index (χ4v) is 3.67. The first-order chi connectivity index (χ1) is 13.1. The maximum absolute atomic E-state index is 12.6. The summed E-state index contributed by atoms with van der Waals surface area (Å²) in [5.41, 5.74) is 0.988. The van der Waals surface area contributed by atoms with E-state index in [2.05, 4.69) is 16.3 Å². The van der Waals surface area contributed by atoms with Crippen LogP contribution in [0, 0.1) is 17.2 Å². The lowest BCUT2D eigenvalue weighted by molar-refractivity contribution is -0.141. The first-order valence-electron chi connectivity index (χ1n) is 9.50. The molecule has 3 rings (SSSR count). The van der Waals surface area contributed by atoms with Crippen LogP contribution in [0.2, 0.25) is 0 Å². The zero-order chi connectivity index (χ0) is 19.2. The number of hydrogen-bond donors (Lipinski definition) is 1. The van der Waals surface area contributed by atoms with Gasteiger partial charge in [0.15, 0.2) is 0 Å². The molecule has 2 heterocycles. The first kappa shape index (κ1) is 19.3. The van der Waals surface area contributed by atoms with Gasteiger partial charge in [-0.15, -0.1) is 0 Å². The molecule has 1 aromatic rings. The maximum Gasteiger partial charge on any atom is 0.241 e. The third kappa shape index (κ3) is 4.65. The number of nitriles is 1. The molecule has 1 unspecified atom stereocenters. The van der Waals surface area contributed by atoms with Crippen LogP contribution in [0.15, 0.2) is 24.3 Å². The minimum absolute atomic E-state index is 0.0360. The molecular formula is C20H26N4O3. The molecule has 0 aliphatic carbocycles. The maximum atomic E-state index is 12.6. The van der Waals surface area contributed by atoms with Gasteiger partial charge < -0.3 is 15.0 Å². The number of rotatable bonds is 4. The second kappa shape index (κ2) is 8.98. The molecule has 7 nitrogen and oxygen atoms in total. The summed E-state index contributed by atoms with van der Waals surface area (Å²) < 4.78 is 5.31. The van der Waals surface area contributed by atoms with Gasteiger partial charge in [-0.05, 0) is 45.0 Å². The molecule has 144 valence electrons. The van der Waals surface area contributed by atoms with Crippen molar-refractivity contribution in [2.75, 3.05) is 44.7 Å². The summed E-state index contributed by atoms with van der Waals surface area (Å²) >= 11 is 0. The Balaban J connectivity index is 1.52. The van der Waals surface area contributed by atoms with Crippen LogP contribution >= 0.6 is 0 Å². The van der Waals surface area contributed by atoms with Gasteiger partial charge in [-0.2, -0.15) is 5.26 Å². The highest BCUT2D eigenvalue weighted by molar-refractivity contribution is 5.95. The SMILES string of the molecule is CC(C(=O)Nc1ccccc1C#N)N1CCC(C(=O)N2CCOCC2)CC1. The standard InChI is InChI=1S/C20H26N4O3/c1-15(19(25)22-18-5-3-2-4-17(18)14-21)23-8-6-16(7-9-23)20(26)24-10-12-27-13-11-24/h2-5,15-16H,6-13H2,1H3,(H,22,25). The lowest BCUT2D eigenvalue weighted by Crippen LogP contribution is -2.50. The number of hydrogen-bond acceptors (Lipinski definition) is 5. The van der Waals surface area contributed by atoms with E-state index < -0.39 is 0 Å². The van der Waals surface area contributed by atoms with Crippen molar-refractivity contribution < 1.29 is 14.3 Å². The van der Waals surface area contributed by atoms with Crippen LogP contribution in [0.5, 0.6) is 0 Å². The van der Waals surface area contributed by atoms with Crippen LogP contribution in [0.1, 0.15) is 25.3 Å². The number of amides is 2. The van der Waals surface area contributed by atoms with Gasteiger partial charge in [0, 0.05) is 19.0 Å². The molecule has 2 saturated heterocycles. The van der Waals surface area contributed by atoms with E-state index in [9.17, 15) is 9.59 Å². The highest BCUT2D eigenvalue weighted by atomic mass is 16.5. The Labute approximate surface area is 159 Å². The van der Waals surface area contributed by atoms with Crippen molar-refractivity contribution in [2.24, 2.45) is 5.92 Å². The average molecular weight is 370 g/mol. The molecular weight excluding hydrogens is 344 g/mol. The van der Waals surface area contributed by atoms with Crippen LogP contribution < -0.4 is 5.32 Å². The molecule has 1 atom stereocenters. The Morgan fingerprint density at radius 3 is 2.52 bits per heavy atom. The number of nitrogens with zero attached hydrogens (tertiary/aromatic N) is 3. The summed E-state index contributed by atoms with van der Waals surface area (Å²) in [5, 5.41) is 12.0. The largest absolute Gasteiger partial charge is 0.378 e. The molecule has 0 saturated carbocycles. The first-order valence-corrected chi connectivity index (χ1v) is 9.50. The minimum atomic E-state index is -0.309. The smallest absolute Gasteiger partial charge is 0.241 e. The van der Waals surface area contributed by atoms with E-state index in [1.807, 2.05) is 11.8 Å². The number of para-hydroxylation sites is 1. The third-order valence-electron chi connectivity index (χ3n) is 5.43. The number of carbonyl (C=O) groups excluding carboxylic acids is 2. The molecule has 2 aliphatic heterocycles. The Kier molecular flexibility index (Phi) is 6.43. The molecule has 0 radical (unpaired) electrons. The van der Waals surface area contributed by atoms with Crippen molar-refractivity contribution >= 4 is 17.5 Å². The highest BCUT2D eigenvalue weighted by Crippen LogP contribution is 2.22. The summed E-state index contributed by atoms with van der Waals surface area (Å²) in [5.74, 6) is 0.127. The molecule has 2 amide bonds. The van der Waals surface area contributed by atoms with Gasteiger partial charge in [0.1, 0.15) is 6.07 Å². The summed E-state index contributed by atoms with van der Waals surface area (Å²) in [6.45, 7) is 5.89. The summed E-state index contributed by atoms with van der Waals surface area (Å²) in [4.78, 5) is 29.2. The second-order valence-corrected chi connectivity index (χ2v) is 7.07. The van der Waals surface area contributed by atoms with Crippen LogP contribution in [-0.2, 0) is 14.3 Å². The van der Waals surface area contributed by atoms with Crippen molar-refractivity contribution in [1.82, 2.24) is 9.80 Å². The van der Waals surface area contributed by atoms with Crippen molar-refractivity contribution in [3.05, 3.63) is 29.8 Å². The van der Waals surface area contributed by atoms with Crippen LogP contribution in [0.3, 0.4) is 0 Å². The van der Waals surface area contributed by atoms with Gasteiger partial charge >= 0.3 is 0 Å². The number of carbonyl (C=O) groups is 2. The number of morpholine rings is 1. The second-order valence-electron chi connectivity index (χ2n) is 7.07. The number of ether oxygens (including phenoxy) is 1. The van der Waals surface area contributed by atoms with Gasteiger partial charge in [-0.25, -0.2) is 0 Å². The summed E-state index contributed by atoms with van der Waals surface area (Å²) in [6, 6.07) is 8.76. The van der Waals surface area contributed by atoms with Gasteiger partial charge in [0.05, 0.1) is 30.5 Å². The topological polar surface area (TPSA) is 85.7 Å². The minimum Gasteiger partial charge on any atom is -0.378 e. The fraction of sp³-hybridized carbons (Fsp3) is 0.550. The van der Waals surface area contributed by atoms with E-state index in [4.69, 9.17) is 10.00 Å². The van der Waals surface area contributed by atoms with Gasteiger partial charge in [-0.3, -0.25) is 14.5 Å². The molecule has 2 fully saturated rings. The molecule has 1 aromatic carbocycles. The predicted molar refractivity (Wildman–Crippen MR) is 101 cm³/mol. The Bertz CT molecular complexity index is 716. The number of likely N-dealkylation sites (tertiary alicyclic amines) is 1. The zero-order valence-electron chi connectivity index (χ0n) is 15.7. The Morgan fingerprint density at radius 2 is 1.85 bits per heavy atom. The monoisotopic (exact) mass is 370 g/mol. The van der Waals surface area contributed by atoms with Crippen molar-refractivity contribution in [2.45, 2.75) is 25.8 Å². The molecule has 0 spiro atoms. The zero-order valence-corrected chi connectivity index (χ0v) is 15.7. The van der Waals surface area contributed by atoms with E-state index in [0.29, 0.717) is 37.6 Å². The molecule has 0 bridgehead atoms. The average Bonchev–Trinajstić information content (AvgIpc) is 2.73. The van der Waals surface area contributed by atoms with E-state index >= 15 is 0 Å². The number of benzene rings is 1. The lowest BCUT2D eigenvalue weighted by Gasteiger charge is -2.37. The van der Waals surface area contributed by atoms with Gasteiger partial charge in [0.25, 0.3) is 0 Å². The number of nitrogens with one attached hydrogen (secondary N) is 1. The summed E-state index contributed by atoms with van der Waals surface area (Å²) in [6.07, 6.45) is 1.53. The fourth-order valence-electron chi connectivity index (χ4n) is 3.67. The normalized spacial score (nSPS) is 19.9. The van der Waals surface area contributed by atoms with Crippen LogP contribution in [0.4, 0.5) is 5.69 Å². The van der Waals surface area contributed by atoms with Crippen molar-refractivity contribution in [1.29, 1.82) is 5.26 Å².